The van der Waals surface area contributed by atoms with Crippen LogP contribution in [0.3, 0.4) is 0 Å². The molecule has 182 valence electrons. The van der Waals surface area contributed by atoms with Crippen molar-refractivity contribution in [2.45, 2.75) is 50.3 Å². The zero-order valence-corrected chi connectivity index (χ0v) is 20.9. The minimum absolute atomic E-state index is 0.0234. The molecule has 0 N–H and O–H groups in total. The van der Waals surface area contributed by atoms with Gasteiger partial charge in [-0.15, -0.1) is 11.8 Å². The molecule has 0 unspecified atom stereocenters. The predicted molar refractivity (Wildman–Crippen MR) is 132 cm³/mol. The summed E-state index contributed by atoms with van der Waals surface area (Å²) in [6.45, 7) is 3.67. The van der Waals surface area contributed by atoms with E-state index in [2.05, 4.69) is 4.98 Å². The molecule has 34 heavy (non-hydrogen) atoms. The summed E-state index contributed by atoms with van der Waals surface area (Å²) in [6.07, 6.45) is -0.349. The van der Waals surface area contributed by atoms with Gasteiger partial charge in [-0.25, -0.2) is 4.98 Å². The van der Waals surface area contributed by atoms with E-state index in [-0.39, 0.29) is 34.6 Å². The molecule has 2 aromatic carbocycles. The topological polar surface area (TPSA) is 38.1 Å². The standard InChI is InChI=1S/C24H24Cl2F3N3OS/c1-2-34-20-7-6-16(25)10-15(20)12-32-14-30-22-17(23(32)33)11-19(24(27,28)29)18(21(22)26)13-31-8-4-3-5-9-31/h6-7,10-11,14H,2-5,8-9,12-13H2,1H3. The second-order valence-corrected chi connectivity index (χ2v) is 10.4. The number of likely N-dealkylation sites (tertiary alicyclic amines) is 1. The van der Waals surface area contributed by atoms with Crippen molar-refractivity contribution >= 4 is 45.9 Å². The maximum atomic E-state index is 14.0. The van der Waals surface area contributed by atoms with E-state index in [0.29, 0.717) is 5.02 Å². The van der Waals surface area contributed by atoms with Crippen LogP contribution < -0.4 is 5.56 Å². The van der Waals surface area contributed by atoms with Gasteiger partial charge in [-0.2, -0.15) is 13.2 Å². The van der Waals surface area contributed by atoms with Crippen LogP contribution in [0.1, 0.15) is 42.9 Å². The van der Waals surface area contributed by atoms with Gasteiger partial charge in [0.15, 0.2) is 0 Å². The number of fused-ring (bicyclic) bond motifs is 1. The molecular weight excluding hydrogens is 506 g/mol. The summed E-state index contributed by atoms with van der Waals surface area (Å²) >= 11 is 14.2. The number of thioether (sulfide) groups is 1. The quantitative estimate of drug-likeness (QED) is 0.326. The van der Waals surface area contributed by atoms with Crippen molar-refractivity contribution in [1.29, 1.82) is 0 Å². The third kappa shape index (κ3) is 5.40. The highest BCUT2D eigenvalue weighted by Gasteiger charge is 2.36. The third-order valence-corrected chi connectivity index (χ3v) is 7.60. The molecule has 3 aromatic rings. The van der Waals surface area contributed by atoms with Crippen molar-refractivity contribution < 1.29 is 13.2 Å². The van der Waals surface area contributed by atoms with E-state index < -0.39 is 17.3 Å². The van der Waals surface area contributed by atoms with E-state index in [1.54, 1.807) is 23.9 Å². The number of benzene rings is 2. The summed E-state index contributed by atoms with van der Waals surface area (Å²) in [5, 5.41) is 0.264. The number of aromatic nitrogens is 2. The maximum Gasteiger partial charge on any atom is 0.416 e. The highest BCUT2D eigenvalue weighted by atomic mass is 35.5. The average Bonchev–Trinajstić information content (AvgIpc) is 2.79. The number of hydrogen-bond donors (Lipinski definition) is 0. The van der Waals surface area contributed by atoms with Crippen LogP contribution in [0.2, 0.25) is 10.0 Å². The number of halogens is 5. The molecule has 1 aromatic heterocycles. The molecule has 1 aliphatic heterocycles. The number of alkyl halides is 3. The Hall–Kier alpha value is -1.74. The van der Waals surface area contributed by atoms with Gasteiger partial charge in [-0.05, 0) is 67.1 Å². The fourth-order valence-electron chi connectivity index (χ4n) is 4.32. The SMILES string of the molecule is CCSc1ccc(Cl)cc1Cn1cnc2c(Cl)c(CN3CCCCC3)c(C(F)(F)F)cc2c1=O. The normalized spacial score (nSPS) is 15.2. The first-order chi connectivity index (χ1) is 16.2. The smallest absolute Gasteiger partial charge is 0.299 e. The van der Waals surface area contributed by atoms with Gasteiger partial charge in [-0.3, -0.25) is 14.3 Å². The molecule has 0 aliphatic carbocycles. The molecule has 2 heterocycles. The Kier molecular flexibility index (Phi) is 7.82. The summed E-state index contributed by atoms with van der Waals surface area (Å²) < 4.78 is 43.4. The van der Waals surface area contributed by atoms with Crippen LogP contribution in [0.15, 0.2) is 40.3 Å². The molecule has 0 radical (unpaired) electrons. The van der Waals surface area contributed by atoms with Gasteiger partial charge in [0.25, 0.3) is 5.56 Å². The van der Waals surface area contributed by atoms with E-state index >= 15 is 0 Å². The Balaban J connectivity index is 1.81. The lowest BCUT2D eigenvalue weighted by atomic mass is 10.0. The maximum absolute atomic E-state index is 14.0. The van der Waals surface area contributed by atoms with Gasteiger partial charge in [0.05, 0.1) is 34.4 Å². The van der Waals surface area contributed by atoms with E-state index in [0.717, 1.165) is 54.6 Å². The summed E-state index contributed by atoms with van der Waals surface area (Å²) in [5.74, 6) is 0.823. The van der Waals surface area contributed by atoms with Gasteiger partial charge in [0.1, 0.15) is 0 Å². The Bertz CT molecular complexity index is 1260. The van der Waals surface area contributed by atoms with Gasteiger partial charge in [0.2, 0.25) is 0 Å². The number of hydrogen-bond acceptors (Lipinski definition) is 4. The lowest BCUT2D eigenvalue weighted by Gasteiger charge is -2.28. The molecule has 1 saturated heterocycles. The molecule has 0 amide bonds. The number of piperidine rings is 1. The molecule has 0 atom stereocenters. The first-order valence-electron chi connectivity index (χ1n) is 11.1. The minimum Gasteiger partial charge on any atom is -0.299 e. The Morgan fingerprint density at radius 2 is 1.82 bits per heavy atom. The van der Waals surface area contributed by atoms with Crippen molar-refractivity contribution in [3.63, 3.8) is 0 Å². The summed E-state index contributed by atoms with van der Waals surface area (Å²) in [5.41, 5.74) is -0.583. The Morgan fingerprint density at radius 1 is 1.09 bits per heavy atom. The zero-order chi connectivity index (χ0) is 24.5. The van der Waals surface area contributed by atoms with Gasteiger partial charge < -0.3 is 0 Å². The van der Waals surface area contributed by atoms with Crippen LogP contribution in [0.25, 0.3) is 10.9 Å². The van der Waals surface area contributed by atoms with Gasteiger partial charge >= 0.3 is 6.18 Å². The summed E-state index contributed by atoms with van der Waals surface area (Å²) in [7, 11) is 0. The second-order valence-electron chi connectivity index (χ2n) is 8.31. The summed E-state index contributed by atoms with van der Waals surface area (Å²) in [6, 6.07) is 6.30. The van der Waals surface area contributed by atoms with Crippen LogP contribution in [0.5, 0.6) is 0 Å². The molecule has 4 rings (SSSR count). The van der Waals surface area contributed by atoms with Crippen molar-refractivity contribution in [2.75, 3.05) is 18.8 Å². The zero-order valence-electron chi connectivity index (χ0n) is 18.6. The van der Waals surface area contributed by atoms with Crippen LogP contribution in [-0.2, 0) is 19.3 Å². The molecule has 1 fully saturated rings. The van der Waals surface area contributed by atoms with Crippen molar-refractivity contribution in [1.82, 2.24) is 14.5 Å². The number of nitrogens with zero attached hydrogens (tertiary/aromatic N) is 3. The van der Waals surface area contributed by atoms with Crippen LogP contribution in [0, 0.1) is 0 Å². The van der Waals surface area contributed by atoms with Crippen LogP contribution in [0.4, 0.5) is 13.2 Å². The fourth-order valence-corrected chi connectivity index (χ4v) is 5.61. The van der Waals surface area contributed by atoms with Gasteiger partial charge in [-0.1, -0.05) is 36.5 Å². The van der Waals surface area contributed by atoms with Crippen molar-refractivity contribution in [2.24, 2.45) is 0 Å². The predicted octanol–water partition coefficient (Wildman–Crippen LogP) is 6.87. The molecule has 0 bridgehead atoms. The monoisotopic (exact) mass is 529 g/mol. The Labute approximate surface area is 210 Å². The van der Waals surface area contributed by atoms with E-state index in [9.17, 15) is 18.0 Å². The Morgan fingerprint density at radius 3 is 2.50 bits per heavy atom. The lowest BCUT2D eigenvalue weighted by Crippen LogP contribution is -2.30. The first-order valence-corrected chi connectivity index (χ1v) is 12.8. The second kappa shape index (κ2) is 10.5. The molecular formula is C24H24Cl2F3N3OS. The highest BCUT2D eigenvalue weighted by molar-refractivity contribution is 7.99. The van der Waals surface area contributed by atoms with Crippen molar-refractivity contribution in [3.8, 4) is 0 Å². The molecule has 4 nitrogen and oxygen atoms in total. The largest absolute Gasteiger partial charge is 0.416 e. The van der Waals surface area contributed by atoms with Crippen LogP contribution in [-0.4, -0.2) is 33.3 Å². The molecule has 0 saturated carbocycles. The summed E-state index contributed by atoms with van der Waals surface area (Å²) in [4.78, 5) is 20.5. The third-order valence-electron chi connectivity index (χ3n) is 5.96. The molecule has 1 aliphatic rings. The fraction of sp³-hybridized carbons (Fsp3) is 0.417. The highest BCUT2D eigenvalue weighted by Crippen LogP contribution is 2.39. The van der Waals surface area contributed by atoms with E-state index in [1.165, 1.54) is 10.9 Å². The van der Waals surface area contributed by atoms with Crippen LogP contribution >= 0.6 is 35.0 Å². The number of rotatable bonds is 6. The van der Waals surface area contributed by atoms with Crippen molar-refractivity contribution in [3.05, 3.63) is 67.7 Å². The average molecular weight is 530 g/mol. The minimum atomic E-state index is -4.64. The molecule has 0 spiro atoms. The van der Waals surface area contributed by atoms with Gasteiger partial charge in [0, 0.05) is 16.5 Å². The van der Waals surface area contributed by atoms with E-state index in [4.69, 9.17) is 23.2 Å². The van der Waals surface area contributed by atoms with E-state index in [1.807, 2.05) is 17.9 Å². The lowest BCUT2D eigenvalue weighted by molar-refractivity contribution is -0.138. The molecule has 10 heteroatoms. The first kappa shape index (κ1) is 25.4.